The molecule has 2 aromatic carbocycles. The molecule has 0 fully saturated rings. The lowest BCUT2D eigenvalue weighted by molar-refractivity contribution is -0.112. The molecule has 0 spiro atoms. The van der Waals surface area contributed by atoms with E-state index in [0.717, 1.165) is 36.5 Å². The molecular formula is C16H10F3N3O. The van der Waals surface area contributed by atoms with Crippen LogP contribution in [-0.2, 0) is 4.79 Å². The Morgan fingerprint density at radius 3 is 2.35 bits per heavy atom. The maximum atomic E-state index is 13.4. The largest absolute Gasteiger partial charge is 0.358 e. The summed E-state index contributed by atoms with van der Waals surface area (Å²) >= 11 is 0. The number of nitrogens with one attached hydrogen (secondary N) is 2. The standard InChI is InChI=1S/C16H10F3N3O/c17-11-1-4-13(5-2-11)22-16(23)10(8-20)9-21-15-7-12(18)3-6-14(15)19/h1-7,9,21H,(H,22,23)/b10-9-. The van der Waals surface area contributed by atoms with Gasteiger partial charge in [-0.25, -0.2) is 13.2 Å². The highest BCUT2D eigenvalue weighted by atomic mass is 19.1. The number of carbonyl (C=O) groups is 1. The summed E-state index contributed by atoms with van der Waals surface area (Å²) in [4.78, 5) is 11.9. The molecule has 0 aliphatic rings. The van der Waals surface area contributed by atoms with Crippen molar-refractivity contribution >= 4 is 17.3 Å². The van der Waals surface area contributed by atoms with Gasteiger partial charge in [-0.1, -0.05) is 0 Å². The number of amides is 1. The van der Waals surface area contributed by atoms with Crippen molar-refractivity contribution in [3.05, 3.63) is 71.7 Å². The van der Waals surface area contributed by atoms with Gasteiger partial charge in [-0.05, 0) is 36.4 Å². The van der Waals surface area contributed by atoms with E-state index in [1.165, 1.54) is 12.1 Å². The third-order valence-corrected chi connectivity index (χ3v) is 2.77. The van der Waals surface area contributed by atoms with Crippen molar-refractivity contribution in [1.82, 2.24) is 0 Å². The van der Waals surface area contributed by atoms with Crippen molar-refractivity contribution in [3.8, 4) is 6.07 Å². The van der Waals surface area contributed by atoms with Gasteiger partial charge in [-0.3, -0.25) is 4.79 Å². The van der Waals surface area contributed by atoms with Gasteiger partial charge >= 0.3 is 0 Å². The minimum atomic E-state index is -0.775. The van der Waals surface area contributed by atoms with Crippen LogP contribution in [0.15, 0.2) is 54.2 Å². The van der Waals surface area contributed by atoms with Gasteiger partial charge in [0.05, 0.1) is 5.69 Å². The van der Waals surface area contributed by atoms with Crippen molar-refractivity contribution < 1.29 is 18.0 Å². The number of hydrogen-bond donors (Lipinski definition) is 2. The van der Waals surface area contributed by atoms with Crippen LogP contribution in [0.5, 0.6) is 0 Å². The zero-order valence-corrected chi connectivity index (χ0v) is 11.6. The first-order valence-corrected chi connectivity index (χ1v) is 6.38. The zero-order chi connectivity index (χ0) is 16.8. The van der Waals surface area contributed by atoms with E-state index >= 15 is 0 Å². The number of halogens is 3. The lowest BCUT2D eigenvalue weighted by Gasteiger charge is -2.06. The Kier molecular flexibility index (Phi) is 5.00. The predicted octanol–water partition coefficient (Wildman–Crippen LogP) is 3.56. The van der Waals surface area contributed by atoms with E-state index in [0.29, 0.717) is 0 Å². The molecular weight excluding hydrogens is 307 g/mol. The van der Waals surface area contributed by atoms with E-state index in [-0.39, 0.29) is 16.9 Å². The van der Waals surface area contributed by atoms with Crippen LogP contribution < -0.4 is 10.6 Å². The average Bonchev–Trinajstić information content (AvgIpc) is 2.53. The molecule has 0 aliphatic heterocycles. The highest BCUT2D eigenvalue weighted by Gasteiger charge is 2.10. The van der Waals surface area contributed by atoms with Crippen LogP contribution in [0, 0.1) is 28.8 Å². The highest BCUT2D eigenvalue weighted by molar-refractivity contribution is 6.06. The number of rotatable bonds is 4. The van der Waals surface area contributed by atoms with Crippen LogP contribution in [-0.4, -0.2) is 5.91 Å². The van der Waals surface area contributed by atoms with Gasteiger partial charge in [0, 0.05) is 18.0 Å². The zero-order valence-electron chi connectivity index (χ0n) is 11.6. The second kappa shape index (κ2) is 7.13. The first kappa shape index (κ1) is 16.1. The Bertz CT molecular complexity index is 795. The van der Waals surface area contributed by atoms with Crippen LogP contribution in [0.1, 0.15) is 0 Å². The summed E-state index contributed by atoms with van der Waals surface area (Å²) in [7, 11) is 0. The molecule has 2 rings (SSSR count). The summed E-state index contributed by atoms with van der Waals surface area (Å²) in [5.41, 5.74) is -0.292. The molecule has 0 saturated heterocycles. The predicted molar refractivity (Wildman–Crippen MR) is 78.7 cm³/mol. The van der Waals surface area contributed by atoms with Crippen LogP contribution in [0.2, 0.25) is 0 Å². The number of benzene rings is 2. The minimum absolute atomic E-state index is 0.215. The molecule has 2 aromatic rings. The summed E-state index contributed by atoms with van der Waals surface area (Å²) in [5, 5.41) is 13.7. The van der Waals surface area contributed by atoms with Gasteiger partial charge < -0.3 is 10.6 Å². The molecule has 0 aliphatic carbocycles. The molecule has 116 valence electrons. The Morgan fingerprint density at radius 1 is 1.04 bits per heavy atom. The van der Waals surface area contributed by atoms with E-state index in [1.54, 1.807) is 6.07 Å². The number of anilines is 2. The van der Waals surface area contributed by atoms with Gasteiger partial charge in [-0.15, -0.1) is 0 Å². The van der Waals surface area contributed by atoms with E-state index < -0.39 is 23.4 Å². The molecule has 0 aromatic heterocycles. The molecule has 4 nitrogen and oxygen atoms in total. The maximum Gasteiger partial charge on any atom is 0.267 e. The van der Waals surface area contributed by atoms with Crippen molar-refractivity contribution in [2.24, 2.45) is 0 Å². The fourth-order valence-corrected chi connectivity index (χ4v) is 1.64. The second-order valence-electron chi connectivity index (χ2n) is 4.40. The monoisotopic (exact) mass is 317 g/mol. The number of carbonyl (C=O) groups excluding carboxylic acids is 1. The Balaban J connectivity index is 2.12. The molecule has 0 saturated carbocycles. The third-order valence-electron chi connectivity index (χ3n) is 2.77. The maximum absolute atomic E-state index is 13.4. The van der Waals surface area contributed by atoms with Crippen LogP contribution in [0.25, 0.3) is 0 Å². The molecule has 7 heteroatoms. The number of hydrogen-bond acceptors (Lipinski definition) is 3. The van der Waals surface area contributed by atoms with Gasteiger partial charge in [0.2, 0.25) is 0 Å². The van der Waals surface area contributed by atoms with E-state index in [2.05, 4.69) is 10.6 Å². The van der Waals surface area contributed by atoms with E-state index in [4.69, 9.17) is 5.26 Å². The summed E-state index contributed by atoms with van der Waals surface area (Å²) in [6.07, 6.45) is 0.955. The number of nitriles is 1. The molecule has 0 heterocycles. The van der Waals surface area contributed by atoms with Gasteiger partial charge in [0.15, 0.2) is 0 Å². The van der Waals surface area contributed by atoms with Crippen molar-refractivity contribution in [2.45, 2.75) is 0 Å². The first-order chi connectivity index (χ1) is 11.0. The lowest BCUT2D eigenvalue weighted by atomic mass is 10.2. The average molecular weight is 317 g/mol. The van der Waals surface area contributed by atoms with Crippen molar-refractivity contribution in [1.29, 1.82) is 5.26 Å². The minimum Gasteiger partial charge on any atom is -0.358 e. The second-order valence-corrected chi connectivity index (χ2v) is 4.40. The van der Waals surface area contributed by atoms with Crippen LogP contribution in [0.3, 0.4) is 0 Å². The van der Waals surface area contributed by atoms with Crippen molar-refractivity contribution in [2.75, 3.05) is 10.6 Å². The quantitative estimate of drug-likeness (QED) is 0.669. The summed E-state index contributed by atoms with van der Waals surface area (Å²) in [6, 6.07) is 9.31. The summed E-state index contributed by atoms with van der Waals surface area (Å²) in [5.74, 6) is -2.65. The molecule has 0 atom stereocenters. The number of nitrogens with zero attached hydrogens (tertiary/aromatic N) is 1. The molecule has 1 amide bonds. The Labute approximate surface area is 129 Å². The Morgan fingerprint density at radius 2 is 1.70 bits per heavy atom. The molecule has 0 bridgehead atoms. The summed E-state index contributed by atoms with van der Waals surface area (Å²) < 4.78 is 39.2. The molecule has 2 N–H and O–H groups in total. The third kappa shape index (κ3) is 4.35. The lowest BCUT2D eigenvalue weighted by Crippen LogP contribution is -2.14. The fourth-order valence-electron chi connectivity index (χ4n) is 1.64. The Hall–Kier alpha value is -3.27. The van der Waals surface area contributed by atoms with Crippen LogP contribution >= 0.6 is 0 Å². The van der Waals surface area contributed by atoms with Gasteiger partial charge in [0.25, 0.3) is 5.91 Å². The van der Waals surface area contributed by atoms with Crippen molar-refractivity contribution in [3.63, 3.8) is 0 Å². The SMILES string of the molecule is N#C/C(=C/Nc1cc(F)ccc1F)C(=O)Nc1ccc(F)cc1. The van der Waals surface area contributed by atoms with E-state index in [9.17, 15) is 18.0 Å². The first-order valence-electron chi connectivity index (χ1n) is 6.38. The topological polar surface area (TPSA) is 64.9 Å². The van der Waals surface area contributed by atoms with Crippen LogP contribution in [0.4, 0.5) is 24.5 Å². The van der Waals surface area contributed by atoms with E-state index in [1.807, 2.05) is 0 Å². The smallest absolute Gasteiger partial charge is 0.267 e. The molecule has 23 heavy (non-hydrogen) atoms. The fraction of sp³-hybridized carbons (Fsp3) is 0. The molecule has 0 unspecified atom stereocenters. The van der Waals surface area contributed by atoms with Gasteiger partial charge in [-0.2, -0.15) is 5.26 Å². The highest BCUT2D eigenvalue weighted by Crippen LogP contribution is 2.16. The van der Waals surface area contributed by atoms with Gasteiger partial charge in [0.1, 0.15) is 29.1 Å². The summed E-state index contributed by atoms with van der Waals surface area (Å²) in [6.45, 7) is 0. The normalized spacial score (nSPS) is 10.8. The molecule has 0 radical (unpaired) electrons.